The van der Waals surface area contributed by atoms with E-state index in [-0.39, 0.29) is 5.56 Å². The molecule has 0 bridgehead atoms. The summed E-state index contributed by atoms with van der Waals surface area (Å²) >= 11 is 0. The molecule has 0 heterocycles. The van der Waals surface area contributed by atoms with Crippen LogP contribution in [0.2, 0.25) is 0 Å². The molecule has 1 amide bonds. The van der Waals surface area contributed by atoms with Gasteiger partial charge in [0.2, 0.25) is 5.91 Å². The maximum atomic E-state index is 12.7. The summed E-state index contributed by atoms with van der Waals surface area (Å²) in [6.45, 7) is 0. The Labute approximate surface area is 159 Å². The molecule has 0 aliphatic heterocycles. The lowest BCUT2D eigenvalue weighted by Gasteiger charge is -2.27. The molecule has 0 saturated carbocycles. The van der Waals surface area contributed by atoms with Gasteiger partial charge in [-0.1, -0.05) is 30.3 Å². The van der Waals surface area contributed by atoms with Gasteiger partial charge in [0.1, 0.15) is 6.04 Å². The molecule has 28 heavy (non-hydrogen) atoms. The smallest absolute Gasteiger partial charge is 0.327 e. The third kappa shape index (κ3) is 6.45. The van der Waals surface area contributed by atoms with E-state index >= 15 is 0 Å². The highest BCUT2D eigenvalue weighted by atomic mass is 16.4. The van der Waals surface area contributed by atoms with Gasteiger partial charge in [0.05, 0.1) is 30.8 Å². The molecule has 8 N–H and O–H groups in total. The molecule has 4 atom stereocenters. The summed E-state index contributed by atoms with van der Waals surface area (Å²) in [4.78, 5) is 58.1. The number of benzene rings is 1. The number of aliphatic carboxylic acids is 3. The van der Waals surface area contributed by atoms with Gasteiger partial charge in [0.25, 0.3) is 0 Å². The zero-order valence-electron chi connectivity index (χ0n) is 14.6. The topological polar surface area (TPSA) is 210 Å². The second kappa shape index (κ2) is 10.1. The van der Waals surface area contributed by atoms with Crippen LogP contribution in [0.4, 0.5) is 0 Å². The normalized spacial score (nSPS) is 14.9. The number of ketones is 1. The van der Waals surface area contributed by atoms with Crippen LogP contribution in [0.5, 0.6) is 0 Å². The lowest BCUT2D eigenvalue weighted by Crippen LogP contribution is -2.54. The Balaban J connectivity index is 3.24. The van der Waals surface area contributed by atoms with Crippen molar-refractivity contribution in [1.82, 2.24) is 5.32 Å². The number of amides is 1. The number of rotatable bonds is 11. The van der Waals surface area contributed by atoms with Crippen molar-refractivity contribution in [2.75, 3.05) is 0 Å². The van der Waals surface area contributed by atoms with Crippen LogP contribution >= 0.6 is 0 Å². The van der Waals surface area contributed by atoms with Crippen LogP contribution in [0.1, 0.15) is 24.3 Å². The number of nitrogens with one attached hydrogen (secondary N) is 1. The van der Waals surface area contributed by atoms with E-state index in [2.05, 4.69) is 5.32 Å². The highest BCUT2D eigenvalue weighted by Crippen LogP contribution is 2.23. The number of hydrogen-bond acceptors (Lipinski definition) is 7. The molecule has 11 heteroatoms. The van der Waals surface area contributed by atoms with Gasteiger partial charge in [0.15, 0.2) is 5.78 Å². The fourth-order valence-corrected chi connectivity index (χ4v) is 2.53. The van der Waals surface area contributed by atoms with Gasteiger partial charge in [0, 0.05) is 0 Å². The van der Waals surface area contributed by atoms with Crippen molar-refractivity contribution in [1.29, 1.82) is 0 Å². The average Bonchev–Trinajstić information content (AvgIpc) is 2.60. The van der Waals surface area contributed by atoms with E-state index in [0.29, 0.717) is 0 Å². The van der Waals surface area contributed by atoms with E-state index in [1.165, 1.54) is 24.3 Å². The number of Topliss-reactive ketones (excluding diaryl/α,β-unsaturated/α-hetero) is 1. The first-order valence-corrected chi connectivity index (χ1v) is 8.11. The van der Waals surface area contributed by atoms with E-state index in [4.69, 9.17) is 21.7 Å². The van der Waals surface area contributed by atoms with E-state index in [0.717, 1.165) is 0 Å². The second-order valence-corrected chi connectivity index (χ2v) is 6.02. The van der Waals surface area contributed by atoms with Gasteiger partial charge < -0.3 is 32.1 Å². The molecule has 11 nitrogen and oxygen atoms in total. The second-order valence-electron chi connectivity index (χ2n) is 6.02. The molecule has 1 aromatic carbocycles. The standard InChI is InChI=1S/C17H21N3O8/c18-9(6-11(21)22)15(25)13(8-4-2-1-3-5-8)14(17(27)28)20-16(26)10(19)7-12(23)24/h1-5,9-10,13-14H,6-7,18-19H2,(H,20,26)(H,21,22)(H,23,24)(H,27,28). The molecule has 0 spiro atoms. The summed E-state index contributed by atoms with van der Waals surface area (Å²) in [6.07, 6.45) is -1.48. The van der Waals surface area contributed by atoms with Crippen molar-refractivity contribution in [3.63, 3.8) is 0 Å². The minimum absolute atomic E-state index is 0.188. The zero-order valence-corrected chi connectivity index (χ0v) is 14.6. The van der Waals surface area contributed by atoms with Crippen LogP contribution in [0.15, 0.2) is 30.3 Å². The van der Waals surface area contributed by atoms with E-state index < -0.39 is 66.5 Å². The maximum absolute atomic E-state index is 12.7. The summed E-state index contributed by atoms with van der Waals surface area (Å²) < 4.78 is 0. The fourth-order valence-electron chi connectivity index (χ4n) is 2.53. The first-order valence-electron chi connectivity index (χ1n) is 8.11. The van der Waals surface area contributed by atoms with Crippen molar-refractivity contribution in [3.8, 4) is 0 Å². The minimum atomic E-state index is -1.83. The van der Waals surface area contributed by atoms with Gasteiger partial charge >= 0.3 is 17.9 Å². The van der Waals surface area contributed by atoms with Gasteiger partial charge in [-0.05, 0) is 5.56 Å². The van der Waals surface area contributed by atoms with Crippen LogP contribution in [0.25, 0.3) is 0 Å². The Morgan fingerprint density at radius 1 is 0.857 bits per heavy atom. The molecule has 0 radical (unpaired) electrons. The minimum Gasteiger partial charge on any atom is -0.481 e. The lowest BCUT2D eigenvalue weighted by molar-refractivity contribution is -0.145. The quantitative estimate of drug-likeness (QED) is 0.255. The van der Waals surface area contributed by atoms with Crippen LogP contribution in [-0.4, -0.2) is 63.0 Å². The Bertz CT molecular complexity index is 752. The van der Waals surface area contributed by atoms with E-state index in [1.807, 2.05) is 0 Å². The Hall–Kier alpha value is -3.31. The monoisotopic (exact) mass is 395 g/mol. The maximum Gasteiger partial charge on any atom is 0.327 e. The Morgan fingerprint density at radius 2 is 1.36 bits per heavy atom. The first-order chi connectivity index (χ1) is 13.0. The predicted molar refractivity (Wildman–Crippen MR) is 94.2 cm³/mol. The number of carbonyl (C=O) groups is 5. The highest BCUT2D eigenvalue weighted by Gasteiger charge is 2.39. The molecule has 1 rings (SSSR count). The van der Waals surface area contributed by atoms with Gasteiger partial charge in [-0.2, -0.15) is 0 Å². The van der Waals surface area contributed by atoms with Crippen molar-refractivity contribution in [3.05, 3.63) is 35.9 Å². The summed E-state index contributed by atoms with van der Waals surface area (Å²) in [6, 6.07) is 2.61. The number of hydrogen-bond donors (Lipinski definition) is 6. The lowest BCUT2D eigenvalue weighted by atomic mass is 9.83. The van der Waals surface area contributed by atoms with Crippen molar-refractivity contribution >= 4 is 29.6 Å². The van der Waals surface area contributed by atoms with Crippen LogP contribution in [-0.2, 0) is 24.0 Å². The first kappa shape index (κ1) is 22.7. The summed E-state index contributed by atoms with van der Waals surface area (Å²) in [5.41, 5.74) is 11.2. The SMILES string of the molecule is NC(CC(=O)O)C(=O)NC(C(=O)O)C(C(=O)C(N)CC(=O)O)c1ccccc1. The molecule has 4 unspecified atom stereocenters. The molecule has 1 aromatic rings. The largest absolute Gasteiger partial charge is 0.481 e. The molecule has 152 valence electrons. The fraction of sp³-hybridized carbons (Fsp3) is 0.353. The Kier molecular flexibility index (Phi) is 8.23. The van der Waals surface area contributed by atoms with E-state index in [9.17, 15) is 29.1 Å². The molecular weight excluding hydrogens is 374 g/mol. The molecule has 0 fully saturated rings. The Morgan fingerprint density at radius 3 is 1.82 bits per heavy atom. The molecular formula is C17H21N3O8. The van der Waals surface area contributed by atoms with Gasteiger partial charge in [-0.25, -0.2) is 4.79 Å². The molecule has 0 saturated heterocycles. The zero-order chi connectivity index (χ0) is 21.4. The third-order valence-corrected chi connectivity index (χ3v) is 3.85. The molecule has 0 aliphatic carbocycles. The number of carbonyl (C=O) groups excluding carboxylic acids is 2. The van der Waals surface area contributed by atoms with Gasteiger partial charge in [-0.3, -0.25) is 19.2 Å². The average molecular weight is 395 g/mol. The number of carboxylic acids is 3. The number of nitrogens with two attached hydrogens (primary N) is 2. The highest BCUT2D eigenvalue weighted by molar-refractivity contribution is 5.99. The molecule has 0 aromatic heterocycles. The predicted octanol–water partition coefficient (Wildman–Crippen LogP) is -1.49. The van der Waals surface area contributed by atoms with Gasteiger partial charge in [-0.15, -0.1) is 0 Å². The van der Waals surface area contributed by atoms with Crippen molar-refractivity contribution < 1.29 is 39.3 Å². The molecule has 0 aliphatic rings. The summed E-state index contributed by atoms with van der Waals surface area (Å²) in [7, 11) is 0. The van der Waals surface area contributed by atoms with Crippen LogP contribution in [0.3, 0.4) is 0 Å². The summed E-state index contributed by atoms with van der Waals surface area (Å²) in [5.74, 6) is -7.82. The summed E-state index contributed by atoms with van der Waals surface area (Å²) in [5, 5.41) is 29.2. The van der Waals surface area contributed by atoms with Crippen molar-refractivity contribution in [2.24, 2.45) is 11.5 Å². The third-order valence-electron chi connectivity index (χ3n) is 3.85. The van der Waals surface area contributed by atoms with Crippen LogP contribution in [0, 0.1) is 0 Å². The number of carboxylic acid groups (broad SMARTS) is 3. The van der Waals surface area contributed by atoms with E-state index in [1.54, 1.807) is 6.07 Å². The van der Waals surface area contributed by atoms with Crippen LogP contribution < -0.4 is 16.8 Å². The van der Waals surface area contributed by atoms with Crippen molar-refractivity contribution in [2.45, 2.75) is 36.9 Å².